The van der Waals surface area contributed by atoms with Gasteiger partial charge in [0.25, 0.3) is 0 Å². The summed E-state index contributed by atoms with van der Waals surface area (Å²) in [5.41, 5.74) is 0. The Labute approximate surface area is 145 Å². The summed E-state index contributed by atoms with van der Waals surface area (Å²) in [7, 11) is -3.05. The Morgan fingerprint density at radius 2 is 1.48 bits per heavy atom. The predicted molar refractivity (Wildman–Crippen MR) is 94.2 cm³/mol. The summed E-state index contributed by atoms with van der Waals surface area (Å²) < 4.78 is 19.5. The summed E-state index contributed by atoms with van der Waals surface area (Å²) in [6, 6.07) is 0. The highest BCUT2D eigenvalue weighted by Gasteiger charge is 2.10. The number of hydrogen-bond donors (Lipinski definition) is 3. The molecule has 0 aliphatic carbocycles. The zero-order chi connectivity index (χ0) is 17.3. The molecule has 23 heavy (non-hydrogen) atoms. The quantitative estimate of drug-likeness (QED) is 0.167. The minimum atomic E-state index is -3.05. The maximum Gasteiger partial charge on any atom is 0.316 e. The van der Waals surface area contributed by atoms with Crippen LogP contribution in [0.15, 0.2) is 0 Å². The van der Waals surface area contributed by atoms with E-state index in [1.807, 2.05) is 0 Å². The zero-order valence-corrected chi connectivity index (χ0v) is 15.6. The van der Waals surface area contributed by atoms with Crippen molar-refractivity contribution in [2.24, 2.45) is 0 Å². The Morgan fingerprint density at radius 1 is 0.957 bits per heavy atom. The van der Waals surface area contributed by atoms with E-state index in [2.05, 4.69) is 17.2 Å². The molecule has 0 bridgehead atoms. The number of carbonyl (C=O) groups is 1. The Balaban J connectivity index is 3.31. The fourth-order valence-corrected chi connectivity index (χ4v) is 2.65. The molecule has 0 fully saturated rings. The summed E-state index contributed by atoms with van der Waals surface area (Å²) in [6.45, 7) is -0.518. The number of aliphatic hydroxyl groups is 1. The van der Waals surface area contributed by atoms with E-state index in [0.29, 0.717) is 6.42 Å². The van der Waals surface area contributed by atoms with Crippen LogP contribution in [0, 0.1) is 0 Å². The molecule has 0 heterocycles. The molecule has 6 nitrogen and oxygen atoms in total. The third-order valence-electron chi connectivity index (χ3n) is 3.37. The molecule has 1 unspecified atom stereocenters. The molecule has 0 aliphatic heterocycles. The fourth-order valence-electron chi connectivity index (χ4n) is 2.10. The first-order valence-electron chi connectivity index (χ1n) is 8.36. The summed E-state index contributed by atoms with van der Waals surface area (Å²) in [4.78, 5) is 19.9. The largest absolute Gasteiger partial charge is 0.463 e. The maximum atomic E-state index is 11.4. The van der Waals surface area contributed by atoms with Gasteiger partial charge in [0.2, 0.25) is 0 Å². The molecular formula is C15H31O6PS. The first-order valence-corrected chi connectivity index (χ1v) is 10.3. The molecule has 0 aliphatic rings. The van der Waals surface area contributed by atoms with Crippen LogP contribution in [0.3, 0.4) is 0 Å². The van der Waals surface area contributed by atoms with Crippen molar-refractivity contribution >= 4 is 26.9 Å². The molecule has 2 atom stereocenters. The first kappa shape index (κ1) is 22.9. The lowest BCUT2D eigenvalue weighted by Crippen LogP contribution is -2.22. The summed E-state index contributed by atoms with van der Waals surface area (Å²) in [6.07, 6.45) is 9.66. The highest BCUT2D eigenvalue weighted by atomic mass is 32.1. The van der Waals surface area contributed by atoms with Crippen LogP contribution in [0.2, 0.25) is 0 Å². The van der Waals surface area contributed by atoms with Crippen molar-refractivity contribution in [3.63, 3.8) is 0 Å². The van der Waals surface area contributed by atoms with E-state index in [1.165, 1.54) is 38.5 Å². The molecule has 2 N–H and O–H groups in total. The predicted octanol–water partition coefficient (Wildman–Crippen LogP) is 3.12. The fraction of sp³-hybridized carbons (Fsp3) is 0.933. The van der Waals surface area contributed by atoms with Gasteiger partial charge < -0.3 is 19.3 Å². The summed E-state index contributed by atoms with van der Waals surface area (Å²) >= 11 is 4.18. The number of rotatable bonds is 16. The zero-order valence-electron chi connectivity index (χ0n) is 13.7. The third kappa shape index (κ3) is 18.1. The van der Waals surface area contributed by atoms with Crippen LogP contribution in [0.1, 0.15) is 64.2 Å². The molecule has 0 aromatic heterocycles. The van der Waals surface area contributed by atoms with Gasteiger partial charge in [-0.25, -0.2) is 0 Å². The highest BCUT2D eigenvalue weighted by molar-refractivity contribution is 7.80. The highest BCUT2D eigenvalue weighted by Crippen LogP contribution is 2.14. The molecule has 0 radical (unpaired) electrons. The topological polar surface area (TPSA) is 93.1 Å². The number of esters is 1. The Hall–Kier alpha value is -0.0700. The number of thiol groups is 1. The van der Waals surface area contributed by atoms with Gasteiger partial charge in [-0.3, -0.25) is 9.36 Å². The van der Waals surface area contributed by atoms with Crippen molar-refractivity contribution in [1.29, 1.82) is 0 Å². The standard InChI is InChI=1S/C15H31O6PS/c16-14(13-21-22(18)19)12-20-15(17)10-8-6-4-2-1-3-5-7-9-11-23/h14,16,22-23H,1-13H2,(H,18,19)/t14-/m1/s1. The van der Waals surface area contributed by atoms with Crippen LogP contribution < -0.4 is 0 Å². The minimum absolute atomic E-state index is 0.208. The number of hydrogen-bond acceptors (Lipinski definition) is 6. The van der Waals surface area contributed by atoms with Crippen molar-refractivity contribution in [1.82, 2.24) is 0 Å². The molecule has 138 valence electrons. The van der Waals surface area contributed by atoms with Crippen molar-refractivity contribution < 1.29 is 28.6 Å². The molecule has 0 saturated heterocycles. The molecule has 0 amide bonds. The molecule has 8 heteroatoms. The van der Waals surface area contributed by atoms with E-state index in [-0.39, 0.29) is 19.2 Å². The van der Waals surface area contributed by atoms with Crippen LogP contribution in [0.25, 0.3) is 0 Å². The lowest BCUT2D eigenvalue weighted by Gasteiger charge is -2.10. The van der Waals surface area contributed by atoms with Gasteiger partial charge >= 0.3 is 14.2 Å². The van der Waals surface area contributed by atoms with Gasteiger partial charge in [-0.1, -0.05) is 44.9 Å². The van der Waals surface area contributed by atoms with E-state index in [1.54, 1.807) is 0 Å². The average molecular weight is 370 g/mol. The van der Waals surface area contributed by atoms with Gasteiger partial charge in [0.1, 0.15) is 12.7 Å². The smallest absolute Gasteiger partial charge is 0.316 e. The third-order valence-corrected chi connectivity index (χ3v) is 4.10. The Morgan fingerprint density at radius 3 is 2.00 bits per heavy atom. The maximum absolute atomic E-state index is 11.4. The molecule has 0 aromatic rings. The van der Waals surface area contributed by atoms with Gasteiger partial charge in [-0.05, 0) is 18.6 Å². The summed E-state index contributed by atoms with van der Waals surface area (Å²) in [5.74, 6) is 0.620. The number of carbonyl (C=O) groups excluding carboxylic acids is 1. The normalized spacial score (nSPS) is 13.7. The minimum Gasteiger partial charge on any atom is -0.463 e. The second-order valence-electron chi connectivity index (χ2n) is 5.57. The van der Waals surface area contributed by atoms with Crippen LogP contribution >= 0.6 is 20.9 Å². The monoisotopic (exact) mass is 370 g/mol. The second-order valence-corrected chi connectivity index (χ2v) is 6.84. The van der Waals surface area contributed by atoms with Gasteiger partial charge in [0.15, 0.2) is 0 Å². The van der Waals surface area contributed by atoms with Gasteiger partial charge in [-0.2, -0.15) is 12.6 Å². The van der Waals surface area contributed by atoms with E-state index in [4.69, 9.17) is 9.63 Å². The SMILES string of the molecule is O=C(CCCCCCCCCCCS)OC[C@@H](O)CO[PH](=O)O. The van der Waals surface area contributed by atoms with Crippen molar-refractivity contribution in [3.05, 3.63) is 0 Å². The van der Waals surface area contributed by atoms with E-state index < -0.39 is 14.4 Å². The number of unbranched alkanes of at least 4 members (excludes halogenated alkanes) is 8. The lowest BCUT2D eigenvalue weighted by atomic mass is 10.1. The average Bonchev–Trinajstić information content (AvgIpc) is 2.52. The molecule has 0 spiro atoms. The van der Waals surface area contributed by atoms with Gasteiger partial charge in [-0.15, -0.1) is 0 Å². The lowest BCUT2D eigenvalue weighted by molar-refractivity contribution is -0.147. The summed E-state index contributed by atoms with van der Waals surface area (Å²) in [5, 5.41) is 9.35. The Kier molecular flexibility index (Phi) is 16.7. The van der Waals surface area contributed by atoms with Crippen LogP contribution in [0.5, 0.6) is 0 Å². The second kappa shape index (κ2) is 16.8. The van der Waals surface area contributed by atoms with Gasteiger partial charge in [0.05, 0.1) is 6.61 Å². The van der Waals surface area contributed by atoms with Crippen molar-refractivity contribution in [3.8, 4) is 0 Å². The molecular weight excluding hydrogens is 339 g/mol. The van der Waals surface area contributed by atoms with Crippen molar-refractivity contribution in [2.75, 3.05) is 19.0 Å². The van der Waals surface area contributed by atoms with E-state index >= 15 is 0 Å². The van der Waals surface area contributed by atoms with Crippen molar-refractivity contribution in [2.45, 2.75) is 70.3 Å². The van der Waals surface area contributed by atoms with Gasteiger partial charge in [0, 0.05) is 6.42 Å². The van der Waals surface area contributed by atoms with Crippen LogP contribution in [-0.2, 0) is 18.6 Å². The van der Waals surface area contributed by atoms with Crippen LogP contribution in [-0.4, -0.2) is 41.0 Å². The Bertz CT molecular complexity index is 316. The molecule has 0 aromatic carbocycles. The van der Waals surface area contributed by atoms with Crippen LogP contribution in [0.4, 0.5) is 0 Å². The number of ether oxygens (including phenoxy) is 1. The molecule has 0 rings (SSSR count). The number of aliphatic hydroxyl groups excluding tert-OH is 1. The van der Waals surface area contributed by atoms with E-state index in [9.17, 15) is 14.5 Å². The molecule has 0 saturated carbocycles. The first-order chi connectivity index (χ1) is 11.1. The van der Waals surface area contributed by atoms with E-state index in [0.717, 1.165) is 25.0 Å².